The summed E-state index contributed by atoms with van der Waals surface area (Å²) in [5.74, 6) is -0.157. The molecule has 0 unspecified atom stereocenters. The Labute approximate surface area is 125 Å². The van der Waals surface area contributed by atoms with Crippen LogP contribution in [-0.2, 0) is 6.54 Å². The molecule has 0 radical (unpaired) electrons. The summed E-state index contributed by atoms with van der Waals surface area (Å²) < 4.78 is 1.90. The summed E-state index contributed by atoms with van der Waals surface area (Å²) in [6, 6.07) is 1.89. The molecule has 108 valence electrons. The van der Waals surface area contributed by atoms with Gasteiger partial charge >= 0.3 is 0 Å². The molecule has 0 saturated heterocycles. The third-order valence-electron chi connectivity index (χ3n) is 3.26. The van der Waals surface area contributed by atoms with Crippen LogP contribution in [0.2, 0.25) is 0 Å². The van der Waals surface area contributed by atoms with Crippen molar-refractivity contribution in [3.05, 3.63) is 41.4 Å². The number of aromatic nitrogens is 3. The number of pyridine rings is 1. The molecular weight excluding hydrogens is 286 g/mol. The van der Waals surface area contributed by atoms with Crippen molar-refractivity contribution in [1.82, 2.24) is 19.9 Å². The Morgan fingerprint density at radius 1 is 1.48 bits per heavy atom. The summed E-state index contributed by atoms with van der Waals surface area (Å²) >= 11 is 1.33. The normalized spacial score (nSPS) is 10.9. The second-order valence-corrected chi connectivity index (χ2v) is 5.71. The number of fused-ring (bicyclic) bond motifs is 1. The topological polar surface area (TPSA) is 85.8 Å². The molecule has 3 aromatic heterocycles. The predicted molar refractivity (Wildman–Crippen MR) is 83.3 cm³/mol. The van der Waals surface area contributed by atoms with Gasteiger partial charge in [-0.3, -0.25) is 4.79 Å². The van der Waals surface area contributed by atoms with Gasteiger partial charge in [-0.05, 0) is 18.6 Å². The maximum Gasteiger partial charge on any atom is 0.263 e. The third-order valence-corrected chi connectivity index (χ3v) is 4.37. The van der Waals surface area contributed by atoms with E-state index in [4.69, 9.17) is 5.73 Å². The largest absolute Gasteiger partial charge is 0.397 e. The number of nitrogens with one attached hydrogen (secondary N) is 1. The van der Waals surface area contributed by atoms with Crippen molar-refractivity contribution in [2.24, 2.45) is 0 Å². The highest BCUT2D eigenvalue weighted by Crippen LogP contribution is 2.34. The molecular formula is C14H15N5OS. The molecule has 1 amide bonds. The van der Waals surface area contributed by atoms with Gasteiger partial charge in [-0.15, -0.1) is 11.3 Å². The minimum Gasteiger partial charge on any atom is -0.397 e. The first-order valence-electron chi connectivity index (χ1n) is 6.54. The van der Waals surface area contributed by atoms with Crippen molar-refractivity contribution >= 4 is 33.1 Å². The van der Waals surface area contributed by atoms with Gasteiger partial charge < -0.3 is 15.6 Å². The monoisotopic (exact) mass is 301 g/mol. The maximum absolute atomic E-state index is 12.2. The summed E-state index contributed by atoms with van der Waals surface area (Å²) in [6.07, 6.45) is 7.01. The van der Waals surface area contributed by atoms with Gasteiger partial charge in [0.2, 0.25) is 0 Å². The van der Waals surface area contributed by atoms with Gasteiger partial charge in [0.1, 0.15) is 9.71 Å². The number of thiophene rings is 1. The molecule has 3 aromatic rings. The fourth-order valence-corrected chi connectivity index (χ4v) is 3.23. The molecule has 0 aliphatic heterocycles. The smallest absolute Gasteiger partial charge is 0.263 e. The van der Waals surface area contributed by atoms with Gasteiger partial charge in [0.05, 0.1) is 12.0 Å². The number of amides is 1. The van der Waals surface area contributed by atoms with E-state index in [1.165, 1.54) is 11.3 Å². The Morgan fingerprint density at radius 2 is 2.33 bits per heavy atom. The molecule has 3 N–H and O–H groups in total. The maximum atomic E-state index is 12.2. The zero-order valence-electron chi connectivity index (χ0n) is 11.5. The second kappa shape index (κ2) is 5.53. The fraction of sp³-hybridized carbons (Fsp3) is 0.214. The zero-order valence-corrected chi connectivity index (χ0v) is 12.4. The van der Waals surface area contributed by atoms with Crippen LogP contribution in [-0.4, -0.2) is 27.0 Å². The first-order valence-corrected chi connectivity index (χ1v) is 7.36. The molecule has 0 bridgehead atoms. The number of anilines is 1. The van der Waals surface area contributed by atoms with Gasteiger partial charge in [0.25, 0.3) is 5.91 Å². The van der Waals surface area contributed by atoms with E-state index in [1.54, 1.807) is 18.7 Å². The summed E-state index contributed by atoms with van der Waals surface area (Å²) in [7, 11) is 0. The molecule has 7 heteroatoms. The molecule has 0 aliphatic carbocycles. The Bertz CT molecular complexity index is 778. The number of nitrogen functional groups attached to an aromatic ring is 1. The molecule has 3 rings (SSSR count). The van der Waals surface area contributed by atoms with Crippen LogP contribution in [0.4, 0.5) is 5.69 Å². The van der Waals surface area contributed by atoms with E-state index in [2.05, 4.69) is 15.3 Å². The van der Waals surface area contributed by atoms with Crippen LogP contribution < -0.4 is 11.1 Å². The van der Waals surface area contributed by atoms with E-state index in [0.717, 1.165) is 15.8 Å². The van der Waals surface area contributed by atoms with E-state index < -0.39 is 0 Å². The second-order valence-electron chi connectivity index (χ2n) is 4.71. The van der Waals surface area contributed by atoms with E-state index in [1.807, 2.05) is 23.8 Å². The third kappa shape index (κ3) is 2.59. The standard InChI is InChI=1S/C14H15N5OS/c1-9-2-3-18-14-10(9)11(15)12(21-14)13(20)17-5-7-19-6-4-16-8-19/h2-4,6,8H,5,7,15H2,1H3,(H,17,20). The SMILES string of the molecule is Cc1ccnc2sc(C(=O)NCCn3ccnc3)c(N)c12. The minimum absolute atomic E-state index is 0.157. The highest BCUT2D eigenvalue weighted by atomic mass is 32.1. The van der Waals surface area contributed by atoms with Crippen LogP contribution in [0.15, 0.2) is 31.0 Å². The number of nitrogens with zero attached hydrogens (tertiary/aromatic N) is 3. The van der Waals surface area contributed by atoms with Crippen molar-refractivity contribution in [3.63, 3.8) is 0 Å². The van der Waals surface area contributed by atoms with Crippen LogP contribution >= 0.6 is 11.3 Å². The lowest BCUT2D eigenvalue weighted by Crippen LogP contribution is -2.26. The number of nitrogens with two attached hydrogens (primary N) is 1. The Balaban J connectivity index is 1.75. The molecule has 6 nitrogen and oxygen atoms in total. The average molecular weight is 301 g/mol. The molecule has 21 heavy (non-hydrogen) atoms. The quantitative estimate of drug-likeness (QED) is 0.769. The van der Waals surface area contributed by atoms with E-state index in [0.29, 0.717) is 23.7 Å². The molecule has 0 saturated carbocycles. The highest BCUT2D eigenvalue weighted by Gasteiger charge is 2.17. The first-order chi connectivity index (χ1) is 10.2. The molecule has 0 aliphatic rings. The van der Waals surface area contributed by atoms with Crippen molar-refractivity contribution < 1.29 is 4.79 Å². The number of imidazole rings is 1. The number of carbonyl (C=O) groups is 1. The van der Waals surface area contributed by atoms with Crippen molar-refractivity contribution in [2.45, 2.75) is 13.5 Å². The van der Waals surface area contributed by atoms with Gasteiger partial charge in [-0.2, -0.15) is 0 Å². The van der Waals surface area contributed by atoms with Crippen molar-refractivity contribution in [2.75, 3.05) is 12.3 Å². The van der Waals surface area contributed by atoms with Crippen LogP contribution in [0.3, 0.4) is 0 Å². The Kier molecular flexibility index (Phi) is 3.57. The van der Waals surface area contributed by atoms with Crippen LogP contribution in [0.1, 0.15) is 15.2 Å². The summed E-state index contributed by atoms with van der Waals surface area (Å²) in [5.41, 5.74) is 7.65. The van der Waals surface area contributed by atoms with Crippen molar-refractivity contribution in [3.8, 4) is 0 Å². The van der Waals surface area contributed by atoms with Crippen LogP contribution in [0.25, 0.3) is 10.2 Å². The number of hydrogen-bond acceptors (Lipinski definition) is 5. The molecule has 0 spiro atoms. The van der Waals surface area contributed by atoms with Gasteiger partial charge in [0.15, 0.2) is 0 Å². The number of rotatable bonds is 4. The van der Waals surface area contributed by atoms with E-state index in [9.17, 15) is 4.79 Å². The Morgan fingerprint density at radius 3 is 3.05 bits per heavy atom. The van der Waals surface area contributed by atoms with Crippen LogP contribution in [0.5, 0.6) is 0 Å². The number of aryl methyl sites for hydroxylation is 1. The first kappa shape index (κ1) is 13.6. The molecule has 0 fully saturated rings. The van der Waals surface area contributed by atoms with Crippen molar-refractivity contribution in [1.29, 1.82) is 0 Å². The lowest BCUT2D eigenvalue weighted by Gasteiger charge is -2.05. The van der Waals surface area contributed by atoms with E-state index >= 15 is 0 Å². The fourth-order valence-electron chi connectivity index (χ4n) is 2.17. The highest BCUT2D eigenvalue weighted by molar-refractivity contribution is 7.21. The van der Waals surface area contributed by atoms with Gasteiger partial charge in [-0.25, -0.2) is 9.97 Å². The summed E-state index contributed by atoms with van der Waals surface area (Å²) in [5, 5.41) is 3.75. The van der Waals surface area contributed by atoms with Gasteiger partial charge in [-0.1, -0.05) is 0 Å². The Hall–Kier alpha value is -2.41. The predicted octanol–water partition coefficient (Wildman–Crippen LogP) is 1.81. The molecule has 3 heterocycles. The van der Waals surface area contributed by atoms with Crippen LogP contribution in [0, 0.1) is 6.92 Å². The molecule has 0 atom stereocenters. The number of carbonyl (C=O) groups excluding carboxylic acids is 1. The lowest BCUT2D eigenvalue weighted by atomic mass is 10.2. The minimum atomic E-state index is -0.157. The van der Waals surface area contributed by atoms with Gasteiger partial charge in [0, 0.05) is 37.1 Å². The molecule has 0 aromatic carbocycles. The zero-order chi connectivity index (χ0) is 14.8. The summed E-state index contributed by atoms with van der Waals surface area (Å²) in [6.45, 7) is 3.16. The lowest BCUT2D eigenvalue weighted by molar-refractivity contribution is 0.0957. The average Bonchev–Trinajstić information content (AvgIpc) is 3.08. The van der Waals surface area contributed by atoms with E-state index in [-0.39, 0.29) is 5.91 Å². The summed E-state index contributed by atoms with van der Waals surface area (Å²) in [4.78, 5) is 21.8. The number of hydrogen-bond donors (Lipinski definition) is 2.